The standard InChI is InChI=1S/C29H50O5/c1-3-5-7-9-11-15-24-25(27(23-26(24)30)34-28-16-12-14-20-31-28)17-19-29(32-21-22-33-29)18-13-10-8-6-4-2/h9,11,17,19,24-28,30H,3-8,10,12-16,18,20-23H2,1-2H3/b11-9-,19-17+/t24-,25-,26+,27-,28?/m1/s1. The van der Waals surface area contributed by atoms with Gasteiger partial charge in [0.25, 0.3) is 0 Å². The summed E-state index contributed by atoms with van der Waals surface area (Å²) in [5, 5.41) is 11.0. The molecule has 3 fully saturated rings. The van der Waals surface area contributed by atoms with Crippen LogP contribution in [0.1, 0.15) is 104 Å². The zero-order valence-corrected chi connectivity index (χ0v) is 21.8. The van der Waals surface area contributed by atoms with Gasteiger partial charge in [-0.2, -0.15) is 0 Å². The summed E-state index contributed by atoms with van der Waals surface area (Å²) in [7, 11) is 0. The number of hydrogen-bond donors (Lipinski definition) is 1. The van der Waals surface area contributed by atoms with Crippen LogP contribution in [-0.4, -0.2) is 49.2 Å². The maximum absolute atomic E-state index is 11.0. The molecule has 34 heavy (non-hydrogen) atoms. The van der Waals surface area contributed by atoms with E-state index in [0.717, 1.165) is 51.6 Å². The van der Waals surface area contributed by atoms with E-state index in [1.165, 1.54) is 38.5 Å². The van der Waals surface area contributed by atoms with Crippen molar-refractivity contribution in [3.8, 4) is 0 Å². The minimum absolute atomic E-state index is 0.0357. The number of hydrogen-bond acceptors (Lipinski definition) is 5. The van der Waals surface area contributed by atoms with E-state index in [9.17, 15) is 5.11 Å². The Morgan fingerprint density at radius 1 is 0.941 bits per heavy atom. The summed E-state index contributed by atoms with van der Waals surface area (Å²) in [5.74, 6) is -0.348. The van der Waals surface area contributed by atoms with Gasteiger partial charge in [0, 0.05) is 25.4 Å². The van der Waals surface area contributed by atoms with Crippen LogP contribution in [0.15, 0.2) is 24.3 Å². The number of allylic oxidation sites excluding steroid dienone is 2. The molecule has 1 saturated carbocycles. The first-order valence-corrected chi connectivity index (χ1v) is 14.2. The van der Waals surface area contributed by atoms with Crippen LogP contribution in [0.2, 0.25) is 0 Å². The molecular weight excluding hydrogens is 428 g/mol. The van der Waals surface area contributed by atoms with E-state index in [0.29, 0.717) is 19.6 Å². The summed E-state index contributed by atoms with van der Waals surface area (Å²) in [5.41, 5.74) is 0. The lowest BCUT2D eigenvalue weighted by molar-refractivity contribution is -0.193. The lowest BCUT2D eigenvalue weighted by atomic mass is 9.89. The monoisotopic (exact) mass is 478 g/mol. The fraction of sp³-hybridized carbons (Fsp3) is 0.862. The van der Waals surface area contributed by atoms with Gasteiger partial charge in [0.15, 0.2) is 12.1 Å². The summed E-state index contributed by atoms with van der Waals surface area (Å²) < 4.78 is 24.6. The Balaban J connectivity index is 1.67. The van der Waals surface area contributed by atoms with E-state index in [4.69, 9.17) is 18.9 Å². The first-order valence-electron chi connectivity index (χ1n) is 14.2. The molecule has 1 unspecified atom stereocenters. The first-order chi connectivity index (χ1) is 16.7. The quantitative estimate of drug-likeness (QED) is 0.210. The molecule has 5 heteroatoms. The molecule has 0 bridgehead atoms. The van der Waals surface area contributed by atoms with Crippen molar-refractivity contribution >= 4 is 0 Å². The smallest absolute Gasteiger partial charge is 0.187 e. The van der Waals surface area contributed by atoms with Crippen LogP contribution in [-0.2, 0) is 18.9 Å². The highest BCUT2D eigenvalue weighted by Crippen LogP contribution is 2.40. The second-order valence-corrected chi connectivity index (χ2v) is 10.4. The van der Waals surface area contributed by atoms with Crippen molar-refractivity contribution in [2.45, 2.75) is 128 Å². The fourth-order valence-electron chi connectivity index (χ4n) is 5.56. The Morgan fingerprint density at radius 2 is 1.74 bits per heavy atom. The summed E-state index contributed by atoms with van der Waals surface area (Å²) >= 11 is 0. The maximum atomic E-state index is 11.0. The maximum Gasteiger partial charge on any atom is 0.187 e. The van der Waals surface area contributed by atoms with Gasteiger partial charge >= 0.3 is 0 Å². The molecule has 3 rings (SSSR count). The van der Waals surface area contributed by atoms with E-state index in [1.54, 1.807) is 0 Å². The molecule has 196 valence electrons. The number of ether oxygens (including phenoxy) is 4. The van der Waals surface area contributed by atoms with Crippen molar-refractivity contribution in [3.63, 3.8) is 0 Å². The van der Waals surface area contributed by atoms with Gasteiger partial charge in [-0.3, -0.25) is 0 Å². The number of unbranched alkanes of at least 4 members (excludes halogenated alkanes) is 6. The van der Waals surface area contributed by atoms with Crippen LogP contribution in [0, 0.1) is 11.8 Å². The van der Waals surface area contributed by atoms with Gasteiger partial charge in [-0.25, -0.2) is 0 Å². The van der Waals surface area contributed by atoms with Crippen LogP contribution >= 0.6 is 0 Å². The molecule has 0 radical (unpaired) electrons. The predicted octanol–water partition coefficient (Wildman–Crippen LogP) is 6.69. The highest BCUT2D eigenvalue weighted by Gasteiger charge is 2.43. The van der Waals surface area contributed by atoms with E-state index in [1.807, 2.05) is 0 Å². The molecule has 0 aromatic carbocycles. The van der Waals surface area contributed by atoms with Gasteiger partial charge in [0.1, 0.15) is 0 Å². The van der Waals surface area contributed by atoms with Crippen molar-refractivity contribution in [1.82, 2.24) is 0 Å². The molecule has 2 saturated heterocycles. The molecule has 0 aromatic rings. The second kappa shape index (κ2) is 15.4. The Morgan fingerprint density at radius 3 is 2.47 bits per heavy atom. The number of rotatable bonds is 15. The van der Waals surface area contributed by atoms with Gasteiger partial charge in [-0.05, 0) is 50.5 Å². The zero-order valence-electron chi connectivity index (χ0n) is 21.8. The summed E-state index contributed by atoms with van der Waals surface area (Å²) in [4.78, 5) is 0. The van der Waals surface area contributed by atoms with Gasteiger partial charge < -0.3 is 24.1 Å². The molecule has 0 aromatic heterocycles. The van der Waals surface area contributed by atoms with Crippen LogP contribution in [0.4, 0.5) is 0 Å². The summed E-state index contributed by atoms with van der Waals surface area (Å²) in [6.45, 7) is 6.53. The van der Waals surface area contributed by atoms with Crippen molar-refractivity contribution in [2.24, 2.45) is 11.8 Å². The molecule has 1 N–H and O–H groups in total. The minimum Gasteiger partial charge on any atom is -0.393 e. The van der Waals surface area contributed by atoms with Crippen molar-refractivity contribution in [3.05, 3.63) is 24.3 Å². The molecule has 0 amide bonds. The van der Waals surface area contributed by atoms with Gasteiger partial charge in [0.2, 0.25) is 0 Å². The molecule has 3 aliphatic rings. The largest absolute Gasteiger partial charge is 0.393 e. The Kier molecular flexibility index (Phi) is 12.6. The average Bonchev–Trinajstić information content (AvgIpc) is 3.43. The number of aliphatic hydroxyl groups excluding tert-OH is 1. The van der Waals surface area contributed by atoms with E-state index < -0.39 is 5.79 Å². The molecule has 2 aliphatic heterocycles. The Bertz CT molecular complexity index is 591. The van der Waals surface area contributed by atoms with E-state index >= 15 is 0 Å². The van der Waals surface area contributed by atoms with Crippen molar-refractivity contribution < 1.29 is 24.1 Å². The number of aliphatic hydroxyl groups is 1. The van der Waals surface area contributed by atoms with Crippen LogP contribution < -0.4 is 0 Å². The molecule has 2 heterocycles. The first kappa shape index (κ1) is 27.9. The lowest BCUT2D eigenvalue weighted by Crippen LogP contribution is -2.32. The van der Waals surface area contributed by atoms with Gasteiger partial charge in [-0.15, -0.1) is 0 Å². The summed E-state index contributed by atoms with van der Waals surface area (Å²) in [6.07, 6.45) is 23.7. The highest BCUT2D eigenvalue weighted by molar-refractivity contribution is 5.09. The third-order valence-electron chi connectivity index (χ3n) is 7.63. The fourth-order valence-corrected chi connectivity index (χ4v) is 5.56. The third kappa shape index (κ3) is 8.74. The Hall–Kier alpha value is -0.720. The van der Waals surface area contributed by atoms with Gasteiger partial charge in [0.05, 0.1) is 25.4 Å². The minimum atomic E-state index is -0.618. The summed E-state index contributed by atoms with van der Waals surface area (Å²) in [6, 6.07) is 0. The third-order valence-corrected chi connectivity index (χ3v) is 7.63. The van der Waals surface area contributed by atoms with Crippen molar-refractivity contribution in [1.29, 1.82) is 0 Å². The lowest BCUT2D eigenvalue weighted by Gasteiger charge is -2.30. The molecule has 5 nitrogen and oxygen atoms in total. The molecule has 0 spiro atoms. The normalized spacial score (nSPS) is 31.8. The van der Waals surface area contributed by atoms with Crippen LogP contribution in [0.25, 0.3) is 0 Å². The molecule has 1 aliphatic carbocycles. The second-order valence-electron chi connectivity index (χ2n) is 10.4. The topological polar surface area (TPSA) is 57.2 Å². The predicted molar refractivity (Wildman–Crippen MR) is 137 cm³/mol. The van der Waals surface area contributed by atoms with Gasteiger partial charge in [-0.1, -0.05) is 70.6 Å². The zero-order chi connectivity index (χ0) is 24.1. The van der Waals surface area contributed by atoms with E-state index in [2.05, 4.69) is 38.2 Å². The Labute approximate surface area is 208 Å². The van der Waals surface area contributed by atoms with E-state index in [-0.39, 0.29) is 30.3 Å². The van der Waals surface area contributed by atoms with Crippen LogP contribution in [0.3, 0.4) is 0 Å². The van der Waals surface area contributed by atoms with Crippen LogP contribution in [0.5, 0.6) is 0 Å². The van der Waals surface area contributed by atoms with Crippen molar-refractivity contribution in [2.75, 3.05) is 19.8 Å². The molecular formula is C29H50O5. The average molecular weight is 479 g/mol. The highest BCUT2D eigenvalue weighted by atomic mass is 16.7. The SMILES string of the molecule is CCCC/C=C\C[C@@H]1[C@@H](/C=C/C2(CCCCCCC)OCCO2)[C@H](OC2CCCCO2)C[C@@H]1O. The molecule has 5 atom stereocenters.